The monoisotopic (exact) mass is 293 g/mol. The predicted octanol–water partition coefficient (Wildman–Crippen LogP) is 1.86. The Labute approximate surface area is 125 Å². The van der Waals surface area contributed by atoms with Gasteiger partial charge in [0.15, 0.2) is 0 Å². The molecule has 0 unspecified atom stereocenters. The first-order valence-electron chi connectivity index (χ1n) is 7.64. The van der Waals surface area contributed by atoms with Crippen molar-refractivity contribution >= 4 is 11.6 Å². The summed E-state index contributed by atoms with van der Waals surface area (Å²) in [5, 5.41) is 2.93. The molecular formula is C16H24FN3O. The Morgan fingerprint density at radius 3 is 2.57 bits per heavy atom. The Morgan fingerprint density at radius 1 is 1.29 bits per heavy atom. The van der Waals surface area contributed by atoms with Gasteiger partial charge in [-0.3, -0.25) is 9.69 Å². The largest absolute Gasteiger partial charge is 0.367 e. The number of hydrogen-bond acceptors (Lipinski definition) is 3. The summed E-state index contributed by atoms with van der Waals surface area (Å²) in [6.45, 7) is 7.73. The smallest absolute Gasteiger partial charge is 0.237 e. The molecule has 0 spiro atoms. The van der Waals surface area contributed by atoms with E-state index in [4.69, 9.17) is 0 Å². The van der Waals surface area contributed by atoms with Gasteiger partial charge in [0.25, 0.3) is 0 Å². The molecule has 0 saturated carbocycles. The van der Waals surface area contributed by atoms with Crippen LogP contribution in [0.15, 0.2) is 24.3 Å². The molecule has 4 nitrogen and oxygen atoms in total. The SMILES string of the molecule is CCCNC(=O)[C@H](C)N1CCN(c2ccccc2F)CC1. The minimum absolute atomic E-state index is 0.0798. The van der Waals surface area contributed by atoms with Crippen LogP contribution in [0.1, 0.15) is 20.3 Å². The molecule has 1 saturated heterocycles. The van der Waals surface area contributed by atoms with Gasteiger partial charge in [0, 0.05) is 32.7 Å². The molecule has 1 aliphatic rings. The molecule has 1 aromatic carbocycles. The van der Waals surface area contributed by atoms with Crippen molar-refractivity contribution in [3.8, 4) is 0 Å². The zero-order valence-corrected chi connectivity index (χ0v) is 12.8. The van der Waals surface area contributed by atoms with Gasteiger partial charge in [0.2, 0.25) is 5.91 Å². The maximum atomic E-state index is 13.8. The normalized spacial score (nSPS) is 17.6. The number of benzene rings is 1. The third-order valence-corrected chi connectivity index (χ3v) is 3.98. The van der Waals surface area contributed by atoms with E-state index in [1.165, 1.54) is 6.07 Å². The van der Waals surface area contributed by atoms with Crippen LogP contribution in [0.25, 0.3) is 0 Å². The Bertz CT molecular complexity index is 472. The fraction of sp³-hybridized carbons (Fsp3) is 0.562. The second-order valence-corrected chi connectivity index (χ2v) is 5.44. The fourth-order valence-electron chi connectivity index (χ4n) is 2.62. The molecule has 0 aliphatic carbocycles. The molecule has 1 N–H and O–H groups in total. The molecule has 1 amide bonds. The van der Waals surface area contributed by atoms with Crippen LogP contribution < -0.4 is 10.2 Å². The van der Waals surface area contributed by atoms with Crippen molar-refractivity contribution in [2.45, 2.75) is 26.3 Å². The average molecular weight is 293 g/mol. The Kier molecular flexibility index (Phi) is 5.56. The third-order valence-electron chi connectivity index (χ3n) is 3.98. The molecule has 5 heteroatoms. The van der Waals surface area contributed by atoms with E-state index >= 15 is 0 Å². The lowest BCUT2D eigenvalue weighted by Crippen LogP contribution is -2.54. The van der Waals surface area contributed by atoms with Crippen molar-refractivity contribution in [2.75, 3.05) is 37.6 Å². The van der Waals surface area contributed by atoms with Gasteiger partial charge in [-0.25, -0.2) is 4.39 Å². The van der Waals surface area contributed by atoms with Gasteiger partial charge in [-0.05, 0) is 25.5 Å². The van der Waals surface area contributed by atoms with Crippen LogP contribution in [0.2, 0.25) is 0 Å². The first-order chi connectivity index (χ1) is 10.1. The van der Waals surface area contributed by atoms with E-state index in [1.54, 1.807) is 6.07 Å². The van der Waals surface area contributed by atoms with E-state index in [-0.39, 0.29) is 17.8 Å². The highest BCUT2D eigenvalue weighted by atomic mass is 19.1. The minimum atomic E-state index is -0.181. The van der Waals surface area contributed by atoms with Gasteiger partial charge < -0.3 is 10.2 Å². The van der Waals surface area contributed by atoms with Crippen molar-refractivity contribution < 1.29 is 9.18 Å². The van der Waals surface area contributed by atoms with E-state index < -0.39 is 0 Å². The van der Waals surface area contributed by atoms with Gasteiger partial charge in [0.1, 0.15) is 5.82 Å². The van der Waals surface area contributed by atoms with Crippen LogP contribution in [0.4, 0.5) is 10.1 Å². The number of rotatable bonds is 5. The number of nitrogens with zero attached hydrogens (tertiary/aromatic N) is 2. The maximum Gasteiger partial charge on any atom is 0.237 e. The van der Waals surface area contributed by atoms with Gasteiger partial charge in [-0.1, -0.05) is 19.1 Å². The molecule has 1 aliphatic heterocycles. The lowest BCUT2D eigenvalue weighted by molar-refractivity contribution is -0.126. The van der Waals surface area contributed by atoms with E-state index in [9.17, 15) is 9.18 Å². The van der Waals surface area contributed by atoms with Crippen molar-refractivity contribution in [1.82, 2.24) is 10.2 Å². The minimum Gasteiger partial charge on any atom is -0.367 e. The lowest BCUT2D eigenvalue weighted by Gasteiger charge is -2.38. The lowest BCUT2D eigenvalue weighted by atomic mass is 10.2. The Morgan fingerprint density at radius 2 is 1.95 bits per heavy atom. The molecular weight excluding hydrogens is 269 g/mol. The zero-order chi connectivity index (χ0) is 15.2. The van der Waals surface area contributed by atoms with Crippen LogP contribution in [0.5, 0.6) is 0 Å². The van der Waals surface area contributed by atoms with E-state index in [0.29, 0.717) is 5.69 Å². The molecule has 1 heterocycles. The number of amides is 1. The van der Waals surface area contributed by atoms with E-state index in [1.807, 2.05) is 30.9 Å². The van der Waals surface area contributed by atoms with Crippen LogP contribution in [-0.2, 0) is 4.79 Å². The highest BCUT2D eigenvalue weighted by Gasteiger charge is 2.26. The zero-order valence-electron chi connectivity index (χ0n) is 12.8. The standard InChI is InChI=1S/C16H24FN3O/c1-3-8-18-16(21)13(2)19-9-11-20(12-10-19)15-7-5-4-6-14(15)17/h4-7,13H,3,8-12H2,1-2H3,(H,18,21)/t13-/m0/s1. The summed E-state index contributed by atoms with van der Waals surface area (Å²) in [5.74, 6) is -0.101. The quantitative estimate of drug-likeness (QED) is 0.900. The third kappa shape index (κ3) is 3.94. The van der Waals surface area contributed by atoms with Crippen molar-refractivity contribution in [3.05, 3.63) is 30.1 Å². The second-order valence-electron chi connectivity index (χ2n) is 5.44. The first-order valence-corrected chi connectivity index (χ1v) is 7.64. The van der Waals surface area contributed by atoms with Gasteiger partial charge in [-0.2, -0.15) is 0 Å². The highest BCUT2D eigenvalue weighted by molar-refractivity contribution is 5.81. The molecule has 0 radical (unpaired) electrons. The molecule has 21 heavy (non-hydrogen) atoms. The van der Waals surface area contributed by atoms with Gasteiger partial charge in [0.05, 0.1) is 11.7 Å². The highest BCUT2D eigenvalue weighted by Crippen LogP contribution is 2.20. The summed E-state index contributed by atoms with van der Waals surface area (Å²) < 4.78 is 13.8. The van der Waals surface area contributed by atoms with Gasteiger partial charge >= 0.3 is 0 Å². The number of halogens is 1. The number of nitrogens with one attached hydrogen (secondary N) is 1. The molecule has 1 aromatic rings. The van der Waals surface area contributed by atoms with Gasteiger partial charge in [-0.15, -0.1) is 0 Å². The molecule has 2 rings (SSSR count). The average Bonchev–Trinajstić information content (AvgIpc) is 2.52. The number of para-hydroxylation sites is 1. The Hall–Kier alpha value is -1.62. The molecule has 1 atom stereocenters. The molecule has 116 valence electrons. The van der Waals surface area contributed by atoms with E-state index in [2.05, 4.69) is 10.2 Å². The van der Waals surface area contributed by atoms with Crippen molar-refractivity contribution in [2.24, 2.45) is 0 Å². The van der Waals surface area contributed by atoms with Crippen LogP contribution in [0.3, 0.4) is 0 Å². The summed E-state index contributed by atoms with van der Waals surface area (Å²) in [5.41, 5.74) is 0.653. The number of hydrogen-bond donors (Lipinski definition) is 1. The maximum absolute atomic E-state index is 13.8. The summed E-state index contributed by atoms with van der Waals surface area (Å²) in [6.07, 6.45) is 0.944. The van der Waals surface area contributed by atoms with Crippen molar-refractivity contribution in [1.29, 1.82) is 0 Å². The number of carbonyl (C=O) groups is 1. The Balaban J connectivity index is 1.88. The summed E-state index contributed by atoms with van der Waals surface area (Å²) >= 11 is 0. The summed E-state index contributed by atoms with van der Waals surface area (Å²) in [7, 11) is 0. The molecule has 1 fully saturated rings. The van der Waals surface area contributed by atoms with Crippen LogP contribution in [0, 0.1) is 5.82 Å². The molecule has 0 bridgehead atoms. The topological polar surface area (TPSA) is 35.6 Å². The van der Waals surface area contributed by atoms with Crippen LogP contribution >= 0.6 is 0 Å². The molecule has 0 aromatic heterocycles. The predicted molar refractivity (Wildman–Crippen MR) is 82.9 cm³/mol. The number of anilines is 1. The first kappa shape index (κ1) is 15.8. The van der Waals surface area contributed by atoms with E-state index in [0.717, 1.165) is 39.1 Å². The fourth-order valence-corrected chi connectivity index (χ4v) is 2.62. The second kappa shape index (κ2) is 7.41. The summed E-state index contributed by atoms with van der Waals surface area (Å²) in [4.78, 5) is 16.2. The van der Waals surface area contributed by atoms with Crippen molar-refractivity contribution in [3.63, 3.8) is 0 Å². The number of carbonyl (C=O) groups excluding carboxylic acids is 1. The van der Waals surface area contributed by atoms with Crippen LogP contribution in [-0.4, -0.2) is 49.6 Å². The summed E-state index contributed by atoms with van der Waals surface area (Å²) in [6, 6.07) is 6.73. The number of piperazine rings is 1.